The summed E-state index contributed by atoms with van der Waals surface area (Å²) in [5.41, 5.74) is 2.11. The quantitative estimate of drug-likeness (QED) is 0.431. The molecule has 0 aliphatic carbocycles. The van der Waals surface area contributed by atoms with Crippen LogP contribution in [0.1, 0.15) is 30.1 Å². The van der Waals surface area contributed by atoms with Gasteiger partial charge in [0.2, 0.25) is 5.75 Å². The second-order valence-electron chi connectivity index (χ2n) is 6.63. The summed E-state index contributed by atoms with van der Waals surface area (Å²) in [7, 11) is 4.53. The van der Waals surface area contributed by atoms with Gasteiger partial charge in [-0.2, -0.15) is 0 Å². The lowest BCUT2D eigenvalue weighted by molar-refractivity contribution is 0.102. The average molecular weight is 443 g/mol. The van der Waals surface area contributed by atoms with Crippen molar-refractivity contribution in [2.24, 2.45) is 0 Å². The van der Waals surface area contributed by atoms with Crippen LogP contribution in [0.15, 0.2) is 41.8 Å². The molecule has 0 saturated heterocycles. The number of nitrogens with zero attached hydrogens (tertiary/aromatic N) is 1. The first kappa shape index (κ1) is 22.4. The molecule has 0 radical (unpaired) electrons. The number of rotatable bonds is 10. The number of hydrogen-bond acceptors (Lipinski definition) is 7. The largest absolute Gasteiger partial charge is 0.494 e. The summed E-state index contributed by atoms with van der Waals surface area (Å²) in [6.07, 6.45) is 2.13. The molecule has 1 aromatic heterocycles. The summed E-state index contributed by atoms with van der Waals surface area (Å²) >= 11 is 1.35. The maximum atomic E-state index is 12.8. The van der Waals surface area contributed by atoms with Crippen molar-refractivity contribution >= 4 is 22.4 Å². The molecule has 1 amide bonds. The highest BCUT2D eigenvalue weighted by molar-refractivity contribution is 7.14. The number of benzene rings is 2. The van der Waals surface area contributed by atoms with Gasteiger partial charge in [0.05, 0.1) is 33.6 Å². The molecular formula is C23H26N2O5S. The summed E-state index contributed by atoms with van der Waals surface area (Å²) in [4.78, 5) is 17.3. The van der Waals surface area contributed by atoms with Crippen LogP contribution in [0.25, 0.3) is 11.3 Å². The van der Waals surface area contributed by atoms with E-state index in [0.717, 1.165) is 29.8 Å². The second kappa shape index (κ2) is 10.7. The van der Waals surface area contributed by atoms with E-state index in [9.17, 15) is 4.79 Å². The molecule has 1 heterocycles. The van der Waals surface area contributed by atoms with Gasteiger partial charge >= 0.3 is 0 Å². The molecule has 0 aliphatic heterocycles. The number of amides is 1. The zero-order chi connectivity index (χ0) is 22.2. The van der Waals surface area contributed by atoms with E-state index in [1.807, 2.05) is 29.6 Å². The van der Waals surface area contributed by atoms with Gasteiger partial charge in [0.25, 0.3) is 5.91 Å². The fourth-order valence-corrected chi connectivity index (χ4v) is 3.62. The third kappa shape index (κ3) is 5.46. The van der Waals surface area contributed by atoms with Gasteiger partial charge in [-0.1, -0.05) is 13.3 Å². The Bertz CT molecular complexity index is 992. The van der Waals surface area contributed by atoms with E-state index in [1.165, 1.54) is 32.7 Å². The number of carbonyl (C=O) groups excluding carboxylic acids is 1. The van der Waals surface area contributed by atoms with Crippen LogP contribution in [0.4, 0.5) is 5.13 Å². The van der Waals surface area contributed by atoms with Crippen LogP contribution >= 0.6 is 11.3 Å². The van der Waals surface area contributed by atoms with Crippen molar-refractivity contribution in [1.82, 2.24) is 4.98 Å². The van der Waals surface area contributed by atoms with E-state index < -0.39 is 0 Å². The Morgan fingerprint density at radius 1 is 1.03 bits per heavy atom. The number of aromatic nitrogens is 1. The minimum Gasteiger partial charge on any atom is -0.494 e. The molecule has 0 spiro atoms. The molecule has 3 aromatic rings. The van der Waals surface area contributed by atoms with Crippen molar-refractivity contribution in [3.05, 3.63) is 47.3 Å². The highest BCUT2D eigenvalue weighted by atomic mass is 32.1. The molecule has 3 rings (SSSR count). The lowest BCUT2D eigenvalue weighted by Crippen LogP contribution is -2.12. The van der Waals surface area contributed by atoms with Gasteiger partial charge < -0.3 is 18.9 Å². The topological polar surface area (TPSA) is 78.9 Å². The van der Waals surface area contributed by atoms with E-state index in [1.54, 1.807) is 12.1 Å². The number of thiazole rings is 1. The Hall–Kier alpha value is -3.26. The van der Waals surface area contributed by atoms with Crippen LogP contribution in [0.3, 0.4) is 0 Å². The molecule has 0 fully saturated rings. The van der Waals surface area contributed by atoms with Crippen LogP contribution in [-0.4, -0.2) is 38.8 Å². The van der Waals surface area contributed by atoms with E-state index in [2.05, 4.69) is 17.2 Å². The van der Waals surface area contributed by atoms with Crippen molar-refractivity contribution in [3.63, 3.8) is 0 Å². The molecule has 0 unspecified atom stereocenters. The molecule has 1 N–H and O–H groups in total. The maximum Gasteiger partial charge on any atom is 0.257 e. The zero-order valence-corrected chi connectivity index (χ0v) is 18.9. The number of hydrogen-bond donors (Lipinski definition) is 1. The van der Waals surface area contributed by atoms with Gasteiger partial charge in [-0.15, -0.1) is 11.3 Å². The Morgan fingerprint density at radius 2 is 1.71 bits per heavy atom. The van der Waals surface area contributed by atoms with Crippen LogP contribution < -0.4 is 24.3 Å². The first-order chi connectivity index (χ1) is 15.1. The van der Waals surface area contributed by atoms with Crippen molar-refractivity contribution in [1.29, 1.82) is 0 Å². The van der Waals surface area contributed by atoms with E-state index in [4.69, 9.17) is 18.9 Å². The SMILES string of the molecule is CCCCOc1ccc(-c2csc(NC(=O)c3cc(OC)c(OC)c(OC)c3)n2)cc1. The van der Waals surface area contributed by atoms with Crippen LogP contribution in [0.5, 0.6) is 23.0 Å². The van der Waals surface area contributed by atoms with Crippen LogP contribution in [-0.2, 0) is 0 Å². The first-order valence-electron chi connectivity index (χ1n) is 9.89. The Kier molecular flexibility index (Phi) is 7.72. The summed E-state index contributed by atoms with van der Waals surface area (Å²) in [5, 5.41) is 5.22. The maximum absolute atomic E-state index is 12.8. The molecule has 0 bridgehead atoms. The van der Waals surface area contributed by atoms with Gasteiger partial charge in [0.15, 0.2) is 16.6 Å². The molecule has 0 saturated carbocycles. The monoisotopic (exact) mass is 442 g/mol. The summed E-state index contributed by atoms with van der Waals surface area (Å²) in [6.45, 7) is 2.84. The molecule has 31 heavy (non-hydrogen) atoms. The molecule has 2 aromatic carbocycles. The van der Waals surface area contributed by atoms with Crippen molar-refractivity contribution in [2.75, 3.05) is 33.3 Å². The summed E-state index contributed by atoms with van der Waals surface area (Å²) in [5.74, 6) is 1.77. The zero-order valence-electron chi connectivity index (χ0n) is 18.1. The Balaban J connectivity index is 1.71. The molecule has 164 valence electrons. The highest BCUT2D eigenvalue weighted by Crippen LogP contribution is 2.38. The van der Waals surface area contributed by atoms with E-state index >= 15 is 0 Å². The third-order valence-electron chi connectivity index (χ3n) is 4.57. The van der Waals surface area contributed by atoms with Gasteiger partial charge in [-0.25, -0.2) is 4.98 Å². The lowest BCUT2D eigenvalue weighted by Gasteiger charge is -2.13. The minimum atomic E-state index is -0.320. The smallest absolute Gasteiger partial charge is 0.257 e. The van der Waals surface area contributed by atoms with Crippen molar-refractivity contribution in [3.8, 4) is 34.3 Å². The predicted octanol–water partition coefficient (Wildman–Crippen LogP) is 5.27. The molecule has 0 atom stereocenters. The predicted molar refractivity (Wildman–Crippen MR) is 122 cm³/mol. The minimum absolute atomic E-state index is 0.320. The van der Waals surface area contributed by atoms with Crippen molar-refractivity contribution in [2.45, 2.75) is 19.8 Å². The number of anilines is 1. The molecular weight excluding hydrogens is 416 g/mol. The summed E-state index contributed by atoms with van der Waals surface area (Å²) < 4.78 is 21.6. The standard InChI is InChI=1S/C23H26N2O5S/c1-5-6-11-30-17-9-7-15(8-10-17)18-14-31-23(24-18)25-22(26)16-12-19(27-2)21(29-4)20(13-16)28-3/h7-10,12-14H,5-6,11H2,1-4H3,(H,24,25,26). The number of carbonyl (C=O) groups is 1. The van der Waals surface area contributed by atoms with Gasteiger partial charge in [-0.05, 0) is 42.8 Å². The number of unbranched alkanes of at least 4 members (excludes halogenated alkanes) is 1. The molecule has 0 aliphatic rings. The summed E-state index contributed by atoms with van der Waals surface area (Å²) in [6, 6.07) is 11.0. The van der Waals surface area contributed by atoms with E-state index in [0.29, 0.717) is 34.6 Å². The number of nitrogens with one attached hydrogen (secondary N) is 1. The Morgan fingerprint density at radius 3 is 2.29 bits per heavy atom. The number of ether oxygens (including phenoxy) is 4. The normalized spacial score (nSPS) is 10.5. The Labute approximate surface area is 185 Å². The van der Waals surface area contributed by atoms with Crippen LogP contribution in [0, 0.1) is 0 Å². The lowest BCUT2D eigenvalue weighted by atomic mass is 10.1. The average Bonchev–Trinajstić information content (AvgIpc) is 3.27. The molecule has 8 heteroatoms. The van der Waals surface area contributed by atoms with Crippen LogP contribution in [0.2, 0.25) is 0 Å². The second-order valence-corrected chi connectivity index (χ2v) is 7.49. The van der Waals surface area contributed by atoms with Crippen molar-refractivity contribution < 1.29 is 23.7 Å². The van der Waals surface area contributed by atoms with Gasteiger partial charge in [-0.3, -0.25) is 10.1 Å². The fourth-order valence-electron chi connectivity index (χ4n) is 2.90. The van der Waals surface area contributed by atoms with Gasteiger partial charge in [0.1, 0.15) is 5.75 Å². The first-order valence-corrected chi connectivity index (χ1v) is 10.8. The number of methoxy groups -OCH3 is 3. The third-order valence-corrected chi connectivity index (χ3v) is 5.33. The van der Waals surface area contributed by atoms with Gasteiger partial charge in [0, 0.05) is 16.5 Å². The molecule has 7 nitrogen and oxygen atoms in total. The van der Waals surface area contributed by atoms with E-state index in [-0.39, 0.29) is 5.91 Å². The fraction of sp³-hybridized carbons (Fsp3) is 0.304. The highest BCUT2D eigenvalue weighted by Gasteiger charge is 2.18.